The molecule has 1 rings (SSSR count). The van der Waals surface area contributed by atoms with E-state index in [1.165, 1.54) is 36.8 Å². The summed E-state index contributed by atoms with van der Waals surface area (Å²) in [4.78, 5) is 0. The van der Waals surface area contributed by atoms with Gasteiger partial charge in [0.25, 0.3) is 0 Å². The summed E-state index contributed by atoms with van der Waals surface area (Å²) in [7, 11) is 0. The van der Waals surface area contributed by atoms with E-state index in [1.54, 1.807) is 0 Å². The Kier molecular flexibility index (Phi) is 7.81. The molecule has 2 atom stereocenters. The Hall–Kier alpha value is -0.820. The van der Waals surface area contributed by atoms with E-state index in [2.05, 4.69) is 57.3 Å². The van der Waals surface area contributed by atoms with Gasteiger partial charge in [-0.25, -0.2) is 0 Å². The SMILES string of the molecule is CCCCC(CC)CNC(CC)c1ccc(C)cc1. The van der Waals surface area contributed by atoms with Gasteiger partial charge < -0.3 is 5.32 Å². The van der Waals surface area contributed by atoms with Gasteiger partial charge in [-0.3, -0.25) is 0 Å². The average Bonchev–Trinajstić information content (AvgIpc) is 2.44. The molecule has 0 amide bonds. The monoisotopic (exact) mass is 261 g/mol. The Morgan fingerprint density at radius 3 is 2.21 bits per heavy atom. The summed E-state index contributed by atoms with van der Waals surface area (Å²) in [5.74, 6) is 0.833. The van der Waals surface area contributed by atoms with E-state index in [-0.39, 0.29) is 0 Å². The van der Waals surface area contributed by atoms with Crippen LogP contribution < -0.4 is 5.32 Å². The molecule has 0 saturated carbocycles. The Morgan fingerprint density at radius 1 is 1.00 bits per heavy atom. The molecule has 108 valence electrons. The van der Waals surface area contributed by atoms with Crippen molar-refractivity contribution in [3.8, 4) is 0 Å². The highest BCUT2D eigenvalue weighted by Gasteiger charge is 2.11. The molecule has 0 aliphatic rings. The molecule has 1 nitrogen and oxygen atoms in total. The molecule has 0 aliphatic heterocycles. The van der Waals surface area contributed by atoms with Crippen LogP contribution in [0.25, 0.3) is 0 Å². The van der Waals surface area contributed by atoms with Gasteiger partial charge in [-0.15, -0.1) is 0 Å². The molecular formula is C18H31N. The number of hydrogen-bond donors (Lipinski definition) is 1. The first-order chi connectivity index (χ1) is 9.21. The van der Waals surface area contributed by atoms with E-state index in [0.29, 0.717) is 6.04 Å². The second kappa shape index (κ2) is 9.14. The first kappa shape index (κ1) is 16.2. The molecule has 19 heavy (non-hydrogen) atoms. The summed E-state index contributed by atoms with van der Waals surface area (Å²) in [5, 5.41) is 3.77. The number of hydrogen-bond acceptors (Lipinski definition) is 1. The fraction of sp³-hybridized carbons (Fsp3) is 0.667. The van der Waals surface area contributed by atoms with Crippen LogP contribution in [0.2, 0.25) is 0 Å². The molecule has 1 heteroatoms. The van der Waals surface area contributed by atoms with Crippen LogP contribution in [-0.4, -0.2) is 6.54 Å². The van der Waals surface area contributed by atoms with Crippen molar-refractivity contribution in [1.29, 1.82) is 0 Å². The number of nitrogens with one attached hydrogen (secondary N) is 1. The second-order valence-corrected chi connectivity index (χ2v) is 5.70. The summed E-state index contributed by atoms with van der Waals surface area (Å²) >= 11 is 0. The van der Waals surface area contributed by atoms with Gasteiger partial charge in [-0.2, -0.15) is 0 Å². The summed E-state index contributed by atoms with van der Waals surface area (Å²) in [6.45, 7) is 10.2. The third-order valence-corrected chi connectivity index (χ3v) is 4.08. The Morgan fingerprint density at radius 2 is 1.68 bits per heavy atom. The fourth-order valence-electron chi connectivity index (χ4n) is 2.55. The molecule has 0 saturated heterocycles. The predicted molar refractivity (Wildman–Crippen MR) is 85.5 cm³/mol. The highest BCUT2D eigenvalue weighted by molar-refractivity contribution is 5.24. The van der Waals surface area contributed by atoms with Crippen LogP contribution in [0.5, 0.6) is 0 Å². The first-order valence-electron chi connectivity index (χ1n) is 8.01. The zero-order valence-electron chi connectivity index (χ0n) is 13.2. The maximum Gasteiger partial charge on any atom is 0.0317 e. The molecular weight excluding hydrogens is 230 g/mol. The van der Waals surface area contributed by atoms with Gasteiger partial charge in [0.1, 0.15) is 0 Å². The average molecular weight is 261 g/mol. The summed E-state index contributed by atoms with van der Waals surface area (Å²) in [6, 6.07) is 9.48. The Bertz CT molecular complexity index is 328. The quantitative estimate of drug-likeness (QED) is 0.640. The van der Waals surface area contributed by atoms with E-state index < -0.39 is 0 Å². The minimum absolute atomic E-state index is 0.510. The van der Waals surface area contributed by atoms with Crippen molar-refractivity contribution in [2.45, 2.75) is 65.8 Å². The van der Waals surface area contributed by atoms with Crippen LogP contribution in [0, 0.1) is 12.8 Å². The molecule has 0 spiro atoms. The zero-order chi connectivity index (χ0) is 14.1. The van der Waals surface area contributed by atoms with E-state index in [4.69, 9.17) is 0 Å². The van der Waals surface area contributed by atoms with E-state index in [9.17, 15) is 0 Å². The fourth-order valence-corrected chi connectivity index (χ4v) is 2.55. The molecule has 0 fully saturated rings. The Balaban J connectivity index is 2.49. The summed E-state index contributed by atoms with van der Waals surface area (Å²) < 4.78 is 0. The molecule has 0 heterocycles. The minimum Gasteiger partial charge on any atom is -0.310 e. The number of benzene rings is 1. The summed E-state index contributed by atoms with van der Waals surface area (Å²) in [5.41, 5.74) is 2.77. The largest absolute Gasteiger partial charge is 0.310 e. The lowest BCUT2D eigenvalue weighted by atomic mass is 9.97. The van der Waals surface area contributed by atoms with E-state index in [0.717, 1.165) is 18.9 Å². The number of aryl methyl sites for hydroxylation is 1. The molecule has 1 N–H and O–H groups in total. The van der Waals surface area contributed by atoms with E-state index in [1.807, 2.05) is 0 Å². The van der Waals surface area contributed by atoms with Crippen LogP contribution in [0.1, 0.15) is 70.0 Å². The van der Waals surface area contributed by atoms with Gasteiger partial charge in [-0.1, -0.05) is 69.9 Å². The van der Waals surface area contributed by atoms with Crippen molar-refractivity contribution in [2.24, 2.45) is 5.92 Å². The van der Waals surface area contributed by atoms with Crippen molar-refractivity contribution in [2.75, 3.05) is 6.54 Å². The highest BCUT2D eigenvalue weighted by Crippen LogP contribution is 2.19. The van der Waals surface area contributed by atoms with Crippen LogP contribution >= 0.6 is 0 Å². The maximum absolute atomic E-state index is 3.77. The zero-order valence-corrected chi connectivity index (χ0v) is 13.2. The molecule has 1 aromatic rings. The van der Waals surface area contributed by atoms with Crippen LogP contribution in [0.15, 0.2) is 24.3 Å². The standard InChI is InChI=1S/C18H31N/c1-5-8-9-16(6-2)14-19-18(7-3)17-12-10-15(4)11-13-17/h10-13,16,18-19H,5-9,14H2,1-4H3. The van der Waals surface area contributed by atoms with Gasteiger partial charge in [0.15, 0.2) is 0 Å². The van der Waals surface area contributed by atoms with Crippen molar-refractivity contribution >= 4 is 0 Å². The second-order valence-electron chi connectivity index (χ2n) is 5.70. The molecule has 0 bridgehead atoms. The molecule has 0 aliphatic carbocycles. The smallest absolute Gasteiger partial charge is 0.0317 e. The van der Waals surface area contributed by atoms with Crippen LogP contribution in [0.3, 0.4) is 0 Å². The van der Waals surface area contributed by atoms with Crippen LogP contribution in [0.4, 0.5) is 0 Å². The van der Waals surface area contributed by atoms with Gasteiger partial charge in [0, 0.05) is 6.04 Å². The molecule has 2 unspecified atom stereocenters. The maximum atomic E-state index is 3.77. The lowest BCUT2D eigenvalue weighted by Gasteiger charge is -2.22. The molecule has 0 radical (unpaired) electrons. The van der Waals surface area contributed by atoms with Crippen molar-refractivity contribution in [3.63, 3.8) is 0 Å². The van der Waals surface area contributed by atoms with Gasteiger partial charge >= 0.3 is 0 Å². The van der Waals surface area contributed by atoms with Gasteiger partial charge in [0.2, 0.25) is 0 Å². The minimum atomic E-state index is 0.510. The van der Waals surface area contributed by atoms with Gasteiger partial charge in [0.05, 0.1) is 0 Å². The van der Waals surface area contributed by atoms with Crippen molar-refractivity contribution < 1.29 is 0 Å². The number of unbranched alkanes of at least 4 members (excludes halogenated alkanes) is 1. The van der Waals surface area contributed by atoms with Crippen molar-refractivity contribution in [3.05, 3.63) is 35.4 Å². The molecule has 1 aromatic carbocycles. The lowest BCUT2D eigenvalue weighted by molar-refractivity contribution is 0.386. The van der Waals surface area contributed by atoms with Crippen LogP contribution in [-0.2, 0) is 0 Å². The van der Waals surface area contributed by atoms with Crippen molar-refractivity contribution in [1.82, 2.24) is 5.32 Å². The molecule has 0 aromatic heterocycles. The topological polar surface area (TPSA) is 12.0 Å². The lowest BCUT2D eigenvalue weighted by Crippen LogP contribution is -2.27. The van der Waals surface area contributed by atoms with E-state index >= 15 is 0 Å². The van der Waals surface area contributed by atoms with Gasteiger partial charge in [-0.05, 0) is 37.8 Å². The third kappa shape index (κ3) is 5.78. The predicted octanol–water partition coefficient (Wildman–Crippen LogP) is 5.25. The third-order valence-electron chi connectivity index (χ3n) is 4.08. The normalized spacial score (nSPS) is 14.3. The number of rotatable bonds is 9. The highest BCUT2D eigenvalue weighted by atomic mass is 14.9. The Labute approximate surface area is 119 Å². The first-order valence-corrected chi connectivity index (χ1v) is 8.01. The summed E-state index contributed by atoms with van der Waals surface area (Å²) in [6.07, 6.45) is 6.49.